The number of hydrogen-bond donors (Lipinski definition) is 2. The number of nitrogens with one attached hydrogen (secondary N) is 2. The van der Waals surface area contributed by atoms with Crippen LogP contribution in [0.25, 0.3) is 22.1 Å². The third-order valence-corrected chi connectivity index (χ3v) is 4.98. The first-order valence-corrected chi connectivity index (χ1v) is 9.97. The van der Waals surface area contributed by atoms with Gasteiger partial charge in [-0.3, -0.25) is 14.9 Å². The maximum Gasteiger partial charge on any atom is 0.270 e. The van der Waals surface area contributed by atoms with Crippen LogP contribution in [-0.2, 0) is 4.79 Å². The van der Waals surface area contributed by atoms with E-state index in [0.717, 1.165) is 16.5 Å². The standard InChI is InChI=1S/C23H17ClN4O4/c24-20-12-16(28(30)31)8-10-19(20)22-11-9-17(32-22)13-26-27-23(29)14-25-21-7-3-5-15-4-1-2-6-18(15)21/h1-13,25H,14H2,(H,27,29)/b26-13-. The van der Waals surface area contributed by atoms with Crippen molar-refractivity contribution >= 4 is 45.9 Å². The average Bonchev–Trinajstić information content (AvgIpc) is 3.26. The summed E-state index contributed by atoms with van der Waals surface area (Å²) in [6, 6.07) is 21.2. The first-order chi connectivity index (χ1) is 15.5. The molecule has 1 aromatic heterocycles. The number of benzene rings is 3. The van der Waals surface area contributed by atoms with E-state index in [1.165, 1.54) is 24.4 Å². The molecule has 1 amide bonds. The molecule has 8 nitrogen and oxygen atoms in total. The van der Waals surface area contributed by atoms with Gasteiger partial charge < -0.3 is 9.73 Å². The molecule has 0 spiro atoms. The van der Waals surface area contributed by atoms with Crippen LogP contribution in [0.2, 0.25) is 5.02 Å². The number of carbonyl (C=O) groups excluding carboxylic acids is 1. The number of hydrazone groups is 1. The van der Waals surface area contributed by atoms with Crippen molar-refractivity contribution in [1.82, 2.24) is 5.43 Å². The topological polar surface area (TPSA) is 110 Å². The summed E-state index contributed by atoms with van der Waals surface area (Å²) in [4.78, 5) is 22.4. The lowest BCUT2D eigenvalue weighted by atomic mass is 10.1. The SMILES string of the molecule is O=C(CNc1cccc2ccccc12)N/N=C\c1ccc(-c2ccc([N+](=O)[O-])cc2Cl)o1. The zero-order valence-electron chi connectivity index (χ0n) is 16.6. The van der Waals surface area contributed by atoms with Crippen LogP contribution in [0.4, 0.5) is 11.4 Å². The molecule has 0 bridgehead atoms. The largest absolute Gasteiger partial charge is 0.455 e. The molecule has 0 atom stereocenters. The molecule has 2 N–H and O–H groups in total. The van der Waals surface area contributed by atoms with E-state index in [1.807, 2.05) is 42.5 Å². The van der Waals surface area contributed by atoms with E-state index < -0.39 is 4.92 Å². The normalized spacial score (nSPS) is 11.0. The van der Waals surface area contributed by atoms with E-state index in [9.17, 15) is 14.9 Å². The van der Waals surface area contributed by atoms with Gasteiger partial charge in [0.1, 0.15) is 11.5 Å². The highest BCUT2D eigenvalue weighted by molar-refractivity contribution is 6.33. The number of carbonyl (C=O) groups is 1. The summed E-state index contributed by atoms with van der Waals surface area (Å²) in [5, 5.41) is 20.1. The van der Waals surface area contributed by atoms with Crippen molar-refractivity contribution in [1.29, 1.82) is 0 Å². The van der Waals surface area contributed by atoms with Crippen LogP contribution in [0.15, 0.2) is 82.3 Å². The molecule has 0 saturated heterocycles. The lowest BCUT2D eigenvalue weighted by Crippen LogP contribution is -2.25. The Bertz CT molecular complexity index is 1330. The Labute approximate surface area is 187 Å². The van der Waals surface area contributed by atoms with Crippen molar-refractivity contribution in [3.05, 3.63) is 93.7 Å². The number of amides is 1. The Kier molecular flexibility index (Phi) is 6.14. The minimum atomic E-state index is -0.520. The maximum atomic E-state index is 12.1. The van der Waals surface area contributed by atoms with Gasteiger partial charge in [0, 0.05) is 28.8 Å². The van der Waals surface area contributed by atoms with E-state index in [4.69, 9.17) is 16.0 Å². The van der Waals surface area contributed by atoms with Crippen LogP contribution in [0, 0.1) is 10.1 Å². The quantitative estimate of drug-likeness (QED) is 0.229. The molecule has 0 aliphatic carbocycles. The number of hydrogen-bond acceptors (Lipinski definition) is 6. The van der Waals surface area contributed by atoms with Gasteiger partial charge in [0.2, 0.25) is 0 Å². The molecule has 0 saturated carbocycles. The highest BCUT2D eigenvalue weighted by Crippen LogP contribution is 2.32. The number of anilines is 1. The number of non-ortho nitro benzene ring substituents is 1. The minimum Gasteiger partial charge on any atom is -0.455 e. The molecule has 0 aliphatic heterocycles. The van der Waals surface area contributed by atoms with E-state index in [1.54, 1.807) is 12.1 Å². The summed E-state index contributed by atoms with van der Waals surface area (Å²) < 4.78 is 5.64. The molecule has 9 heteroatoms. The van der Waals surface area contributed by atoms with Gasteiger partial charge >= 0.3 is 0 Å². The van der Waals surface area contributed by atoms with Gasteiger partial charge in [0.05, 0.1) is 22.7 Å². The molecular weight excluding hydrogens is 432 g/mol. The van der Waals surface area contributed by atoms with Gasteiger partial charge in [0.15, 0.2) is 0 Å². The molecule has 0 fully saturated rings. The van der Waals surface area contributed by atoms with Crippen molar-refractivity contribution in [2.45, 2.75) is 0 Å². The number of nitro benzene ring substituents is 1. The summed E-state index contributed by atoms with van der Waals surface area (Å²) in [5.74, 6) is 0.492. The van der Waals surface area contributed by atoms with Crippen LogP contribution >= 0.6 is 11.6 Å². The Morgan fingerprint density at radius 3 is 2.72 bits per heavy atom. The molecule has 32 heavy (non-hydrogen) atoms. The lowest BCUT2D eigenvalue weighted by Gasteiger charge is -2.08. The van der Waals surface area contributed by atoms with Crippen LogP contribution < -0.4 is 10.7 Å². The third-order valence-electron chi connectivity index (χ3n) is 4.67. The molecule has 1 heterocycles. The monoisotopic (exact) mass is 448 g/mol. The Balaban J connectivity index is 1.35. The number of halogens is 1. The zero-order chi connectivity index (χ0) is 22.5. The third kappa shape index (κ3) is 4.76. The van der Waals surface area contributed by atoms with Crippen LogP contribution in [0.3, 0.4) is 0 Å². The first-order valence-electron chi connectivity index (χ1n) is 9.59. The number of nitro groups is 1. The second kappa shape index (κ2) is 9.32. The molecule has 3 aromatic carbocycles. The van der Waals surface area contributed by atoms with Crippen LogP contribution in [0.1, 0.15) is 5.76 Å². The van der Waals surface area contributed by atoms with Crippen LogP contribution in [0.5, 0.6) is 0 Å². The summed E-state index contributed by atoms with van der Waals surface area (Å²) in [6.07, 6.45) is 1.36. The predicted octanol–water partition coefficient (Wildman–Crippen LogP) is 5.22. The van der Waals surface area contributed by atoms with Gasteiger partial charge in [-0.1, -0.05) is 48.0 Å². The molecule has 4 aromatic rings. The van der Waals surface area contributed by atoms with Gasteiger partial charge in [-0.05, 0) is 29.7 Å². The zero-order valence-corrected chi connectivity index (χ0v) is 17.4. The molecule has 4 rings (SSSR count). The van der Waals surface area contributed by atoms with Gasteiger partial charge in [-0.15, -0.1) is 0 Å². The molecule has 160 valence electrons. The fraction of sp³-hybridized carbons (Fsp3) is 0.0435. The fourth-order valence-corrected chi connectivity index (χ4v) is 3.41. The van der Waals surface area contributed by atoms with Gasteiger partial charge in [0.25, 0.3) is 11.6 Å². The van der Waals surface area contributed by atoms with Gasteiger partial charge in [-0.2, -0.15) is 5.10 Å². The first kappa shape index (κ1) is 21.1. The predicted molar refractivity (Wildman–Crippen MR) is 124 cm³/mol. The van der Waals surface area contributed by atoms with Crippen molar-refractivity contribution in [3.8, 4) is 11.3 Å². The van der Waals surface area contributed by atoms with Crippen molar-refractivity contribution in [2.75, 3.05) is 11.9 Å². The van der Waals surface area contributed by atoms with Crippen LogP contribution in [-0.4, -0.2) is 23.6 Å². The second-order valence-corrected chi connectivity index (χ2v) is 7.20. The minimum absolute atomic E-state index is 0.0488. The smallest absolute Gasteiger partial charge is 0.270 e. The number of furan rings is 1. The van der Waals surface area contributed by atoms with E-state index in [2.05, 4.69) is 15.8 Å². The summed E-state index contributed by atoms with van der Waals surface area (Å²) >= 11 is 6.12. The molecule has 0 aliphatic rings. The van der Waals surface area contributed by atoms with Crippen molar-refractivity contribution in [2.24, 2.45) is 5.10 Å². The Morgan fingerprint density at radius 2 is 1.91 bits per heavy atom. The summed E-state index contributed by atoms with van der Waals surface area (Å²) in [6.45, 7) is 0.0488. The van der Waals surface area contributed by atoms with E-state index in [0.29, 0.717) is 17.1 Å². The molecule has 0 unspecified atom stereocenters. The Morgan fingerprint density at radius 1 is 1.09 bits per heavy atom. The summed E-state index contributed by atoms with van der Waals surface area (Å²) in [7, 11) is 0. The van der Waals surface area contributed by atoms with Gasteiger partial charge in [-0.25, -0.2) is 5.43 Å². The molecule has 0 radical (unpaired) electrons. The number of nitrogens with zero attached hydrogens (tertiary/aromatic N) is 2. The Hall–Kier alpha value is -4.17. The van der Waals surface area contributed by atoms with E-state index >= 15 is 0 Å². The number of fused-ring (bicyclic) bond motifs is 1. The second-order valence-electron chi connectivity index (χ2n) is 6.80. The molecular formula is C23H17ClN4O4. The highest BCUT2D eigenvalue weighted by Gasteiger charge is 2.13. The number of rotatable bonds is 7. The maximum absolute atomic E-state index is 12.1. The highest BCUT2D eigenvalue weighted by atomic mass is 35.5. The van der Waals surface area contributed by atoms with Crippen molar-refractivity contribution in [3.63, 3.8) is 0 Å². The average molecular weight is 449 g/mol. The van der Waals surface area contributed by atoms with E-state index in [-0.39, 0.29) is 23.2 Å². The summed E-state index contributed by atoms with van der Waals surface area (Å²) in [5.41, 5.74) is 3.71. The lowest BCUT2D eigenvalue weighted by molar-refractivity contribution is -0.384. The van der Waals surface area contributed by atoms with Crippen molar-refractivity contribution < 1.29 is 14.1 Å². The fourth-order valence-electron chi connectivity index (χ4n) is 3.15.